The predicted molar refractivity (Wildman–Crippen MR) is 67.3 cm³/mol. The quantitative estimate of drug-likeness (QED) is 0.912. The fraction of sp³-hybridized carbons (Fsp3) is 0.429. The number of Topliss-reactive ketones (excluding diaryl/α,β-unsaturated/α-hetero) is 1. The van der Waals surface area contributed by atoms with E-state index in [4.69, 9.17) is 4.74 Å². The zero-order valence-corrected chi connectivity index (χ0v) is 10.5. The Kier molecular flexibility index (Phi) is 4.49. The molecule has 2 atom stereocenters. The van der Waals surface area contributed by atoms with Gasteiger partial charge in [0.15, 0.2) is 12.0 Å². The van der Waals surface area contributed by atoms with E-state index in [0.29, 0.717) is 6.42 Å². The van der Waals surface area contributed by atoms with E-state index in [0.717, 1.165) is 5.56 Å². The van der Waals surface area contributed by atoms with Crippen LogP contribution in [0.5, 0.6) is 0 Å². The third-order valence-electron chi connectivity index (χ3n) is 3.11. The highest BCUT2D eigenvalue weighted by Gasteiger charge is 2.29. The van der Waals surface area contributed by atoms with Crippen molar-refractivity contribution in [2.24, 2.45) is 0 Å². The zero-order chi connectivity index (χ0) is 13.7. The Morgan fingerprint density at radius 1 is 1.37 bits per heavy atom. The smallest absolute Gasteiger partial charge is 0.407 e. The summed E-state index contributed by atoms with van der Waals surface area (Å²) in [5.41, 5.74) is 0.889. The van der Waals surface area contributed by atoms with Crippen LogP contribution in [-0.2, 0) is 16.1 Å². The van der Waals surface area contributed by atoms with Gasteiger partial charge in [-0.25, -0.2) is 9.18 Å². The van der Waals surface area contributed by atoms with Gasteiger partial charge in [-0.15, -0.1) is 0 Å². The highest BCUT2D eigenvalue weighted by molar-refractivity contribution is 5.84. The first-order valence-corrected chi connectivity index (χ1v) is 6.29. The number of ether oxygens (including phenoxy) is 1. The molecule has 1 amide bonds. The number of rotatable bonds is 3. The molecule has 4 nitrogen and oxygen atoms in total. The SMILES string of the molecule is O=C(N[C@@H]1CCC(=O)[C@@H](F)C1)OCc1ccccc1. The van der Waals surface area contributed by atoms with E-state index >= 15 is 0 Å². The summed E-state index contributed by atoms with van der Waals surface area (Å²) in [5, 5.41) is 2.59. The highest BCUT2D eigenvalue weighted by Crippen LogP contribution is 2.18. The van der Waals surface area contributed by atoms with E-state index in [2.05, 4.69) is 5.32 Å². The molecule has 0 radical (unpaired) electrons. The largest absolute Gasteiger partial charge is 0.445 e. The van der Waals surface area contributed by atoms with E-state index in [1.54, 1.807) is 0 Å². The molecule has 1 aromatic rings. The third kappa shape index (κ3) is 4.05. The summed E-state index contributed by atoms with van der Waals surface area (Å²) in [6.07, 6.45) is -1.35. The highest BCUT2D eigenvalue weighted by atomic mass is 19.1. The zero-order valence-electron chi connectivity index (χ0n) is 10.5. The minimum absolute atomic E-state index is 0.0409. The fourth-order valence-electron chi connectivity index (χ4n) is 2.03. The maximum atomic E-state index is 13.2. The van der Waals surface area contributed by atoms with Crippen LogP contribution in [-0.4, -0.2) is 24.1 Å². The van der Waals surface area contributed by atoms with Crippen LogP contribution < -0.4 is 5.32 Å². The number of carbonyl (C=O) groups is 2. The van der Waals surface area contributed by atoms with Crippen LogP contribution in [0.15, 0.2) is 30.3 Å². The number of hydrogen-bond acceptors (Lipinski definition) is 3. The van der Waals surface area contributed by atoms with Gasteiger partial charge >= 0.3 is 6.09 Å². The number of nitrogens with one attached hydrogen (secondary N) is 1. The molecule has 0 spiro atoms. The second-order valence-electron chi connectivity index (χ2n) is 4.61. The van der Waals surface area contributed by atoms with E-state index in [9.17, 15) is 14.0 Å². The van der Waals surface area contributed by atoms with Gasteiger partial charge in [0.05, 0.1) is 0 Å². The third-order valence-corrected chi connectivity index (χ3v) is 3.11. The van der Waals surface area contributed by atoms with Crippen molar-refractivity contribution in [2.45, 2.75) is 38.1 Å². The standard InChI is InChI=1S/C14H16FNO3/c15-12-8-11(6-7-13(12)17)16-14(18)19-9-10-4-2-1-3-5-10/h1-5,11-12H,6-9H2,(H,16,18)/t11-,12+/m1/s1. The molecule has 102 valence electrons. The van der Waals surface area contributed by atoms with Gasteiger partial charge in [-0.2, -0.15) is 0 Å². The van der Waals surface area contributed by atoms with Crippen molar-refractivity contribution in [1.82, 2.24) is 5.32 Å². The molecule has 1 aliphatic carbocycles. The Balaban J connectivity index is 1.74. The number of ketones is 1. The lowest BCUT2D eigenvalue weighted by atomic mass is 9.93. The maximum absolute atomic E-state index is 13.2. The summed E-state index contributed by atoms with van der Waals surface area (Å²) < 4.78 is 18.2. The predicted octanol–water partition coefficient (Wildman–Crippen LogP) is 2.37. The molecule has 0 heterocycles. The van der Waals surface area contributed by atoms with Crippen LogP contribution in [0.25, 0.3) is 0 Å². The molecule has 0 aromatic heterocycles. The van der Waals surface area contributed by atoms with Gasteiger partial charge in [-0.3, -0.25) is 4.79 Å². The van der Waals surface area contributed by atoms with Gasteiger partial charge < -0.3 is 10.1 Å². The Morgan fingerprint density at radius 3 is 2.79 bits per heavy atom. The Labute approximate surface area is 110 Å². The molecule has 0 saturated heterocycles. The summed E-state index contributed by atoms with van der Waals surface area (Å²) in [7, 11) is 0. The van der Waals surface area contributed by atoms with E-state index < -0.39 is 12.3 Å². The Hall–Kier alpha value is -1.91. The van der Waals surface area contributed by atoms with Crippen molar-refractivity contribution in [3.63, 3.8) is 0 Å². The minimum Gasteiger partial charge on any atom is -0.445 e. The monoisotopic (exact) mass is 265 g/mol. The molecule has 5 heteroatoms. The molecule has 0 aliphatic heterocycles. The Morgan fingerprint density at radius 2 is 2.11 bits per heavy atom. The van der Waals surface area contributed by atoms with Gasteiger partial charge in [0, 0.05) is 18.9 Å². The van der Waals surface area contributed by atoms with E-state index in [1.165, 1.54) is 0 Å². The molecule has 1 fully saturated rings. The van der Waals surface area contributed by atoms with Crippen LogP contribution >= 0.6 is 0 Å². The van der Waals surface area contributed by atoms with Crippen molar-refractivity contribution in [3.8, 4) is 0 Å². The summed E-state index contributed by atoms with van der Waals surface area (Å²) >= 11 is 0. The van der Waals surface area contributed by atoms with Gasteiger partial charge in [-0.05, 0) is 12.0 Å². The summed E-state index contributed by atoms with van der Waals surface area (Å²) in [5.74, 6) is -0.379. The van der Waals surface area contributed by atoms with E-state index in [1.807, 2.05) is 30.3 Å². The molecule has 1 N–H and O–H groups in total. The first-order valence-electron chi connectivity index (χ1n) is 6.29. The number of amides is 1. The Bertz CT molecular complexity index is 449. The van der Waals surface area contributed by atoms with Crippen LogP contribution in [0.4, 0.5) is 9.18 Å². The number of alkyl halides is 1. The average Bonchev–Trinajstić information content (AvgIpc) is 2.42. The maximum Gasteiger partial charge on any atom is 0.407 e. The van der Waals surface area contributed by atoms with Crippen LogP contribution in [0.1, 0.15) is 24.8 Å². The molecular formula is C14H16FNO3. The molecule has 0 bridgehead atoms. The van der Waals surface area contributed by atoms with E-state index in [-0.39, 0.29) is 31.3 Å². The summed E-state index contributed by atoms with van der Waals surface area (Å²) in [4.78, 5) is 22.5. The normalized spacial score (nSPS) is 22.9. The van der Waals surface area contributed by atoms with Gasteiger partial charge in [0.25, 0.3) is 0 Å². The van der Waals surface area contributed by atoms with Crippen molar-refractivity contribution in [2.75, 3.05) is 0 Å². The minimum atomic E-state index is -1.46. The molecule has 19 heavy (non-hydrogen) atoms. The molecule has 1 aliphatic rings. The molecule has 1 aromatic carbocycles. The number of alkyl carbamates (subject to hydrolysis) is 1. The van der Waals surface area contributed by atoms with Gasteiger partial charge in [0.1, 0.15) is 6.61 Å². The van der Waals surface area contributed by atoms with Crippen molar-refractivity contribution >= 4 is 11.9 Å². The molecule has 1 saturated carbocycles. The number of halogens is 1. The van der Waals surface area contributed by atoms with Crippen LogP contribution in [0, 0.1) is 0 Å². The second-order valence-corrected chi connectivity index (χ2v) is 4.61. The summed E-state index contributed by atoms with van der Waals surface area (Å²) in [6, 6.07) is 8.97. The lowest BCUT2D eigenvalue weighted by molar-refractivity contribution is -0.126. The van der Waals surface area contributed by atoms with Crippen LogP contribution in [0.2, 0.25) is 0 Å². The van der Waals surface area contributed by atoms with Gasteiger partial charge in [0.2, 0.25) is 0 Å². The summed E-state index contributed by atoms with van der Waals surface area (Å²) in [6.45, 7) is 0.178. The van der Waals surface area contributed by atoms with Gasteiger partial charge in [-0.1, -0.05) is 30.3 Å². The molecule has 2 rings (SSSR count). The topological polar surface area (TPSA) is 55.4 Å². The second kappa shape index (κ2) is 6.31. The number of carbonyl (C=O) groups excluding carboxylic acids is 2. The van der Waals surface area contributed by atoms with Crippen LogP contribution in [0.3, 0.4) is 0 Å². The average molecular weight is 265 g/mol. The van der Waals surface area contributed by atoms with Crippen molar-refractivity contribution in [3.05, 3.63) is 35.9 Å². The van der Waals surface area contributed by atoms with Crippen molar-refractivity contribution in [1.29, 1.82) is 0 Å². The number of benzene rings is 1. The molecule has 0 unspecified atom stereocenters. The first kappa shape index (κ1) is 13.5. The number of hydrogen-bond donors (Lipinski definition) is 1. The van der Waals surface area contributed by atoms with Crippen molar-refractivity contribution < 1.29 is 18.7 Å². The lowest BCUT2D eigenvalue weighted by Gasteiger charge is -2.24. The molecular weight excluding hydrogens is 249 g/mol. The lowest BCUT2D eigenvalue weighted by Crippen LogP contribution is -2.42. The fourth-order valence-corrected chi connectivity index (χ4v) is 2.03. The first-order chi connectivity index (χ1) is 9.15.